The molecule has 3 aromatic rings. The van der Waals surface area contributed by atoms with Crippen LogP contribution in [0.15, 0.2) is 66.7 Å². The van der Waals surface area contributed by atoms with Gasteiger partial charge in [0, 0.05) is 50.5 Å². The van der Waals surface area contributed by atoms with Crippen molar-refractivity contribution in [2.45, 2.75) is 12.1 Å². The van der Waals surface area contributed by atoms with Gasteiger partial charge in [-0.1, -0.05) is 35.9 Å². The Labute approximate surface area is 180 Å². The number of anilines is 2. The lowest BCUT2D eigenvalue weighted by Gasteiger charge is -2.23. The van der Waals surface area contributed by atoms with Gasteiger partial charge in [-0.25, -0.2) is 0 Å². The number of nitrogens with zero attached hydrogens (tertiary/aromatic N) is 2. The zero-order chi connectivity index (χ0) is 22.1. The molecule has 0 aliphatic rings. The maximum Gasteiger partial charge on any atom is 0.416 e. The molecule has 6 heteroatoms. The zero-order valence-electron chi connectivity index (χ0n) is 17.3. The smallest absolute Gasteiger partial charge is 0.378 e. The lowest BCUT2D eigenvalue weighted by molar-refractivity contribution is -0.137. The van der Waals surface area contributed by atoms with Gasteiger partial charge in [0.15, 0.2) is 0 Å². The van der Waals surface area contributed by atoms with Gasteiger partial charge in [0.05, 0.1) is 5.56 Å². The molecule has 0 radical (unpaired) electrons. The van der Waals surface area contributed by atoms with Gasteiger partial charge in [0.1, 0.15) is 0 Å². The molecule has 0 bridgehead atoms. The second-order valence-electron chi connectivity index (χ2n) is 7.64. The fourth-order valence-electron chi connectivity index (χ4n) is 3.42. The third-order valence-electron chi connectivity index (χ3n) is 5.12. The van der Waals surface area contributed by atoms with E-state index in [0.717, 1.165) is 34.6 Å². The number of benzene rings is 3. The third kappa shape index (κ3) is 4.73. The molecule has 0 saturated carbocycles. The van der Waals surface area contributed by atoms with Crippen LogP contribution in [0.1, 0.15) is 28.2 Å². The molecule has 0 heterocycles. The van der Waals surface area contributed by atoms with Crippen LogP contribution < -0.4 is 9.80 Å². The first-order valence-corrected chi connectivity index (χ1v) is 9.87. The van der Waals surface area contributed by atoms with E-state index < -0.39 is 17.7 Å². The molecule has 0 aromatic heterocycles. The van der Waals surface area contributed by atoms with Crippen LogP contribution >= 0.6 is 11.6 Å². The monoisotopic (exact) mass is 432 g/mol. The van der Waals surface area contributed by atoms with E-state index in [2.05, 4.69) is 0 Å². The molecule has 0 aliphatic heterocycles. The van der Waals surface area contributed by atoms with Crippen molar-refractivity contribution in [3.05, 3.63) is 94.0 Å². The Morgan fingerprint density at radius 2 is 1.13 bits per heavy atom. The summed E-state index contributed by atoms with van der Waals surface area (Å²) in [4.78, 5) is 3.95. The van der Waals surface area contributed by atoms with Crippen LogP contribution in [0.5, 0.6) is 0 Å². The van der Waals surface area contributed by atoms with Crippen LogP contribution in [0.4, 0.5) is 24.5 Å². The van der Waals surface area contributed by atoms with Crippen LogP contribution in [0.3, 0.4) is 0 Å². The van der Waals surface area contributed by atoms with E-state index in [1.807, 2.05) is 86.5 Å². The predicted octanol–water partition coefficient (Wildman–Crippen LogP) is 6.67. The molecule has 0 amide bonds. The fourth-order valence-corrected chi connectivity index (χ4v) is 3.65. The van der Waals surface area contributed by atoms with E-state index in [9.17, 15) is 13.2 Å². The maximum absolute atomic E-state index is 13.4. The van der Waals surface area contributed by atoms with Crippen LogP contribution in [-0.4, -0.2) is 28.2 Å². The minimum atomic E-state index is -4.44. The molecule has 0 spiro atoms. The van der Waals surface area contributed by atoms with Gasteiger partial charge in [-0.15, -0.1) is 0 Å². The van der Waals surface area contributed by atoms with Gasteiger partial charge in [0.2, 0.25) is 0 Å². The summed E-state index contributed by atoms with van der Waals surface area (Å²) in [5.74, 6) is -0.424. The lowest BCUT2D eigenvalue weighted by atomic mass is 9.84. The Hall–Kier alpha value is -2.66. The molecule has 3 rings (SSSR count). The van der Waals surface area contributed by atoms with Gasteiger partial charge >= 0.3 is 6.18 Å². The van der Waals surface area contributed by atoms with Gasteiger partial charge < -0.3 is 9.80 Å². The topological polar surface area (TPSA) is 6.48 Å². The minimum absolute atomic E-state index is 0.307. The molecule has 2 nitrogen and oxygen atoms in total. The summed E-state index contributed by atoms with van der Waals surface area (Å²) in [5.41, 5.74) is 3.49. The molecule has 0 atom stereocenters. The summed E-state index contributed by atoms with van der Waals surface area (Å²) in [6, 6.07) is 19.1. The van der Waals surface area contributed by atoms with E-state index >= 15 is 0 Å². The average molecular weight is 433 g/mol. The van der Waals surface area contributed by atoms with Crippen LogP contribution in [0, 0.1) is 0 Å². The lowest BCUT2D eigenvalue weighted by Crippen LogP contribution is -2.11. The maximum atomic E-state index is 13.4. The molecule has 0 unspecified atom stereocenters. The summed E-state index contributed by atoms with van der Waals surface area (Å²) in [6.45, 7) is 0. The molecule has 0 saturated heterocycles. The number of rotatable bonds is 5. The predicted molar refractivity (Wildman–Crippen MR) is 119 cm³/mol. The molecular formula is C24H24ClF3N2. The van der Waals surface area contributed by atoms with E-state index in [1.54, 1.807) is 0 Å². The molecule has 30 heavy (non-hydrogen) atoms. The van der Waals surface area contributed by atoms with Crippen molar-refractivity contribution >= 4 is 23.0 Å². The van der Waals surface area contributed by atoms with Crippen molar-refractivity contribution in [2.75, 3.05) is 38.0 Å². The van der Waals surface area contributed by atoms with Crippen molar-refractivity contribution in [1.29, 1.82) is 0 Å². The second-order valence-corrected chi connectivity index (χ2v) is 8.05. The van der Waals surface area contributed by atoms with Crippen molar-refractivity contribution < 1.29 is 13.2 Å². The first kappa shape index (κ1) is 22.0. The molecule has 0 N–H and O–H groups in total. The summed E-state index contributed by atoms with van der Waals surface area (Å²) in [7, 11) is 7.76. The van der Waals surface area contributed by atoms with Crippen LogP contribution in [0.2, 0.25) is 5.02 Å². The zero-order valence-corrected chi connectivity index (χ0v) is 18.1. The van der Waals surface area contributed by atoms with Gasteiger partial charge in [-0.3, -0.25) is 0 Å². The Kier molecular flexibility index (Phi) is 6.32. The summed E-state index contributed by atoms with van der Waals surface area (Å²) in [5, 5.41) is 0.307. The Morgan fingerprint density at radius 1 is 0.700 bits per heavy atom. The van der Waals surface area contributed by atoms with Gasteiger partial charge in [-0.2, -0.15) is 13.2 Å². The highest BCUT2D eigenvalue weighted by molar-refractivity contribution is 6.31. The molecular weight excluding hydrogens is 409 g/mol. The van der Waals surface area contributed by atoms with Gasteiger partial charge in [-0.05, 0) is 59.2 Å². The minimum Gasteiger partial charge on any atom is -0.378 e. The molecule has 0 fully saturated rings. The van der Waals surface area contributed by atoms with E-state index in [0.29, 0.717) is 10.6 Å². The number of hydrogen-bond acceptors (Lipinski definition) is 2. The summed E-state index contributed by atoms with van der Waals surface area (Å²) in [6.07, 6.45) is -4.44. The Bertz CT molecular complexity index is 943. The number of halogens is 4. The molecule has 158 valence electrons. The van der Waals surface area contributed by atoms with E-state index in [4.69, 9.17) is 11.6 Å². The second kappa shape index (κ2) is 8.60. The van der Waals surface area contributed by atoms with E-state index in [-0.39, 0.29) is 0 Å². The highest BCUT2D eigenvalue weighted by Gasteiger charge is 2.32. The highest BCUT2D eigenvalue weighted by Crippen LogP contribution is 2.40. The van der Waals surface area contributed by atoms with Gasteiger partial charge in [0.25, 0.3) is 0 Å². The third-order valence-corrected chi connectivity index (χ3v) is 5.46. The standard InChI is InChI=1S/C24H24ClF3N2/c1-29(2)19-10-5-16(6-11-19)23(17-7-12-20(13-8-17)30(3)4)21-15-18(24(26,27)28)9-14-22(21)25/h5-15,23H,1-4H3. The van der Waals surface area contributed by atoms with Crippen molar-refractivity contribution in [1.82, 2.24) is 0 Å². The first-order valence-electron chi connectivity index (χ1n) is 9.49. The Balaban J connectivity index is 2.17. The molecule has 0 aliphatic carbocycles. The van der Waals surface area contributed by atoms with Crippen LogP contribution in [-0.2, 0) is 6.18 Å². The highest BCUT2D eigenvalue weighted by atomic mass is 35.5. The first-order chi connectivity index (χ1) is 14.1. The molecule has 3 aromatic carbocycles. The summed E-state index contributed by atoms with van der Waals surface area (Å²) >= 11 is 6.42. The SMILES string of the molecule is CN(C)c1ccc(C(c2ccc(N(C)C)cc2)c2cc(C(F)(F)F)ccc2Cl)cc1. The number of alkyl halides is 3. The van der Waals surface area contributed by atoms with Crippen molar-refractivity contribution in [2.24, 2.45) is 0 Å². The van der Waals surface area contributed by atoms with Crippen molar-refractivity contribution in [3.63, 3.8) is 0 Å². The average Bonchev–Trinajstić information content (AvgIpc) is 2.69. The Morgan fingerprint density at radius 3 is 1.50 bits per heavy atom. The summed E-state index contributed by atoms with van der Waals surface area (Å²) < 4.78 is 40.2. The fraction of sp³-hybridized carbons (Fsp3) is 0.250. The van der Waals surface area contributed by atoms with Crippen LogP contribution in [0.25, 0.3) is 0 Å². The quantitative estimate of drug-likeness (QED) is 0.415. The van der Waals surface area contributed by atoms with E-state index in [1.165, 1.54) is 6.07 Å². The number of hydrogen-bond donors (Lipinski definition) is 0. The van der Waals surface area contributed by atoms with Crippen molar-refractivity contribution in [3.8, 4) is 0 Å². The largest absolute Gasteiger partial charge is 0.416 e. The normalized spacial score (nSPS) is 11.6.